The number of aromatic nitrogens is 1. The number of rotatable bonds is 3. The van der Waals surface area contributed by atoms with Gasteiger partial charge in [-0.1, -0.05) is 6.07 Å². The molecule has 0 unspecified atom stereocenters. The monoisotopic (exact) mass is 362 g/mol. The maximum Gasteiger partial charge on any atom is 0.285 e. The summed E-state index contributed by atoms with van der Waals surface area (Å²) in [5.74, 6) is -0.323. The third-order valence-electron chi connectivity index (χ3n) is 4.13. The van der Waals surface area contributed by atoms with Crippen molar-refractivity contribution in [3.63, 3.8) is 0 Å². The number of carbonyl (C=O) groups is 1. The summed E-state index contributed by atoms with van der Waals surface area (Å²) in [7, 11) is 0. The lowest BCUT2D eigenvalue weighted by Crippen LogP contribution is -2.27. The highest BCUT2D eigenvalue weighted by Gasteiger charge is 2.36. The number of aryl methyl sites for hydroxylation is 1. The molecule has 0 spiro atoms. The van der Waals surface area contributed by atoms with Crippen molar-refractivity contribution in [2.45, 2.75) is 6.92 Å². The van der Waals surface area contributed by atoms with E-state index in [1.54, 1.807) is 24.3 Å². The number of aromatic hydroxyl groups is 1. The summed E-state index contributed by atoms with van der Waals surface area (Å²) < 4.78 is 13.8. The van der Waals surface area contributed by atoms with Crippen LogP contribution in [0.4, 0.5) is 21.6 Å². The molecular formula is C20H15FN4O2. The van der Waals surface area contributed by atoms with Gasteiger partial charge in [-0.15, -0.1) is 0 Å². The number of nitrogens with one attached hydrogen (secondary N) is 1. The first-order valence-electron chi connectivity index (χ1n) is 8.24. The largest absolute Gasteiger partial charge is 0.508 e. The number of nitrogens with zero attached hydrogens (tertiary/aromatic N) is 3. The van der Waals surface area contributed by atoms with Gasteiger partial charge in [0.05, 0.1) is 11.4 Å². The van der Waals surface area contributed by atoms with Gasteiger partial charge in [-0.2, -0.15) is 5.10 Å². The molecule has 0 radical (unpaired) electrons. The summed E-state index contributed by atoms with van der Waals surface area (Å²) in [6, 6.07) is 15.7. The van der Waals surface area contributed by atoms with Crippen LogP contribution >= 0.6 is 0 Å². The van der Waals surface area contributed by atoms with Crippen molar-refractivity contribution in [2.75, 3.05) is 10.3 Å². The van der Waals surface area contributed by atoms with Gasteiger partial charge in [0.15, 0.2) is 5.71 Å². The highest BCUT2D eigenvalue weighted by molar-refractivity contribution is 6.55. The van der Waals surface area contributed by atoms with Gasteiger partial charge >= 0.3 is 0 Å². The van der Waals surface area contributed by atoms with Gasteiger partial charge in [0.25, 0.3) is 5.91 Å². The van der Waals surface area contributed by atoms with Crippen LogP contribution in [0.25, 0.3) is 0 Å². The number of benzene rings is 2. The van der Waals surface area contributed by atoms with Crippen LogP contribution in [0.1, 0.15) is 11.3 Å². The van der Waals surface area contributed by atoms with E-state index < -0.39 is 11.7 Å². The zero-order valence-electron chi connectivity index (χ0n) is 14.3. The molecule has 2 N–H and O–H groups in total. The quantitative estimate of drug-likeness (QED) is 0.550. The number of carbonyl (C=O) groups excluding carboxylic acids is 1. The summed E-state index contributed by atoms with van der Waals surface area (Å²) in [5.41, 5.74) is 5.20. The van der Waals surface area contributed by atoms with Crippen molar-refractivity contribution >= 4 is 28.8 Å². The fourth-order valence-electron chi connectivity index (χ4n) is 2.87. The Morgan fingerprint density at radius 3 is 2.63 bits per heavy atom. The molecule has 2 heterocycles. The molecule has 2 aromatic carbocycles. The predicted octanol–water partition coefficient (Wildman–Crippen LogP) is 3.73. The Kier molecular flexibility index (Phi) is 4.04. The molecule has 0 saturated carbocycles. The lowest BCUT2D eigenvalue weighted by molar-refractivity contribution is -0.111. The van der Waals surface area contributed by atoms with Crippen molar-refractivity contribution in [1.29, 1.82) is 0 Å². The first-order chi connectivity index (χ1) is 13.0. The number of phenols is 1. The van der Waals surface area contributed by atoms with E-state index in [1.165, 1.54) is 35.2 Å². The molecule has 6 nitrogen and oxygen atoms in total. The first kappa shape index (κ1) is 16.7. The Morgan fingerprint density at radius 2 is 1.89 bits per heavy atom. The van der Waals surface area contributed by atoms with Crippen LogP contribution < -0.4 is 10.3 Å². The molecule has 27 heavy (non-hydrogen) atoms. The van der Waals surface area contributed by atoms with Crippen molar-refractivity contribution in [3.8, 4) is 5.75 Å². The zero-order chi connectivity index (χ0) is 19.0. The predicted molar refractivity (Wildman–Crippen MR) is 101 cm³/mol. The number of fused-ring (bicyclic) bond motifs is 1. The van der Waals surface area contributed by atoms with E-state index in [4.69, 9.17) is 0 Å². The minimum atomic E-state index is -0.452. The first-order valence-corrected chi connectivity index (χ1v) is 8.24. The summed E-state index contributed by atoms with van der Waals surface area (Å²) in [6.07, 6.45) is 0. The van der Waals surface area contributed by atoms with Crippen molar-refractivity contribution in [2.24, 2.45) is 5.10 Å². The number of hydrazone groups is 1. The third kappa shape index (κ3) is 3.10. The second-order valence-electron chi connectivity index (χ2n) is 6.06. The van der Waals surface area contributed by atoms with Crippen LogP contribution in [0, 0.1) is 12.7 Å². The highest BCUT2D eigenvalue weighted by Crippen LogP contribution is 2.35. The molecule has 0 aliphatic carbocycles. The lowest BCUT2D eigenvalue weighted by atomic mass is 10.1. The second kappa shape index (κ2) is 6.53. The number of hydrogen-bond donors (Lipinski definition) is 2. The minimum Gasteiger partial charge on any atom is -0.508 e. The van der Waals surface area contributed by atoms with Gasteiger partial charge in [0.1, 0.15) is 17.4 Å². The summed E-state index contributed by atoms with van der Waals surface area (Å²) in [4.78, 5) is 18.7. The maximum absolute atomic E-state index is 13.8. The van der Waals surface area contributed by atoms with Crippen LogP contribution in [0.3, 0.4) is 0 Å². The number of amides is 1. The van der Waals surface area contributed by atoms with Gasteiger partial charge in [-0.25, -0.2) is 9.37 Å². The van der Waals surface area contributed by atoms with Crippen LogP contribution in [0.15, 0.2) is 65.8 Å². The lowest BCUT2D eigenvalue weighted by Gasteiger charge is -2.16. The molecule has 134 valence electrons. The Balaban J connectivity index is 1.76. The van der Waals surface area contributed by atoms with Gasteiger partial charge in [-0.05, 0) is 61.5 Å². The number of hydrogen-bond acceptors (Lipinski definition) is 5. The van der Waals surface area contributed by atoms with E-state index in [9.17, 15) is 14.3 Å². The van der Waals surface area contributed by atoms with Crippen molar-refractivity contribution in [3.05, 3.63) is 77.7 Å². The molecule has 0 fully saturated rings. The van der Waals surface area contributed by atoms with E-state index in [0.717, 1.165) is 5.69 Å². The normalized spacial score (nSPS) is 14.5. The molecule has 1 aliphatic rings. The Morgan fingerprint density at radius 1 is 1.11 bits per heavy atom. The Hall–Kier alpha value is -3.74. The molecule has 3 aromatic rings. The van der Waals surface area contributed by atoms with Gasteiger partial charge in [-0.3, -0.25) is 15.1 Å². The summed E-state index contributed by atoms with van der Waals surface area (Å²) in [5, 5.41) is 13.6. The maximum atomic E-state index is 13.8. The van der Waals surface area contributed by atoms with Crippen LogP contribution in [0.5, 0.6) is 5.75 Å². The number of pyridine rings is 1. The van der Waals surface area contributed by atoms with Crippen LogP contribution in [-0.2, 0) is 4.79 Å². The van der Waals surface area contributed by atoms with Crippen LogP contribution in [0.2, 0.25) is 0 Å². The van der Waals surface area contributed by atoms with E-state index in [2.05, 4.69) is 15.5 Å². The number of anilines is 3. The average molecular weight is 362 g/mol. The zero-order valence-corrected chi connectivity index (χ0v) is 14.3. The van der Waals surface area contributed by atoms with E-state index in [-0.39, 0.29) is 11.5 Å². The van der Waals surface area contributed by atoms with E-state index in [1.807, 2.05) is 13.0 Å². The summed E-state index contributed by atoms with van der Waals surface area (Å²) >= 11 is 0. The topological polar surface area (TPSA) is 77.8 Å². The van der Waals surface area contributed by atoms with Gasteiger partial charge in [0.2, 0.25) is 0 Å². The molecule has 0 atom stereocenters. The van der Waals surface area contributed by atoms with Gasteiger partial charge < -0.3 is 5.11 Å². The Labute approximate surface area is 154 Å². The van der Waals surface area contributed by atoms with E-state index in [0.29, 0.717) is 22.8 Å². The molecule has 1 aromatic heterocycles. The molecular weight excluding hydrogens is 347 g/mol. The molecule has 4 rings (SSSR count). The van der Waals surface area contributed by atoms with Crippen LogP contribution in [-0.4, -0.2) is 21.7 Å². The molecule has 1 amide bonds. The molecule has 0 bridgehead atoms. The molecule has 0 saturated heterocycles. The fourth-order valence-corrected chi connectivity index (χ4v) is 2.87. The van der Waals surface area contributed by atoms with Crippen molar-refractivity contribution < 1.29 is 14.3 Å². The number of phenolic OH excluding ortho intramolecular Hbond substituents is 1. The highest BCUT2D eigenvalue weighted by atomic mass is 19.1. The average Bonchev–Trinajstić information content (AvgIpc) is 2.92. The Bertz CT molecular complexity index is 1060. The molecule has 7 heteroatoms. The fraction of sp³-hybridized carbons (Fsp3) is 0.0500. The summed E-state index contributed by atoms with van der Waals surface area (Å²) in [6.45, 7) is 1.82. The number of halogens is 1. The standard InChI is InChI=1S/C20H15FN4O2/c1-12-3-2-4-18(22-12)25-17-11-13(21)5-10-16(17)19(20(25)27)24-23-14-6-8-15(26)9-7-14/h2-11,23,26H,1H3. The SMILES string of the molecule is Cc1cccc(N2C(=O)C(=NNc3ccc(O)cc3)c3ccc(F)cc32)n1. The third-order valence-corrected chi connectivity index (χ3v) is 4.13. The van der Waals surface area contributed by atoms with Gasteiger partial charge in [0, 0.05) is 11.3 Å². The second-order valence-corrected chi connectivity index (χ2v) is 6.06. The smallest absolute Gasteiger partial charge is 0.285 e. The minimum absolute atomic E-state index is 0.127. The van der Waals surface area contributed by atoms with Crippen molar-refractivity contribution in [1.82, 2.24) is 4.98 Å². The van der Waals surface area contributed by atoms with E-state index >= 15 is 0 Å². The molecule has 1 aliphatic heterocycles.